The van der Waals surface area contributed by atoms with Gasteiger partial charge < -0.3 is 5.32 Å². The molecule has 3 aromatic rings. The van der Waals surface area contributed by atoms with E-state index in [1.54, 1.807) is 22.8 Å². The first-order valence-corrected chi connectivity index (χ1v) is 12.4. The van der Waals surface area contributed by atoms with E-state index in [-0.39, 0.29) is 25.6 Å². The number of hydrogen-bond acceptors (Lipinski definition) is 5. The van der Waals surface area contributed by atoms with E-state index in [1.807, 2.05) is 6.92 Å². The van der Waals surface area contributed by atoms with Crippen LogP contribution in [-0.4, -0.2) is 31.7 Å². The monoisotopic (exact) mass is 507 g/mol. The van der Waals surface area contributed by atoms with Crippen LogP contribution in [0.25, 0.3) is 10.2 Å². The molecule has 1 aromatic heterocycles. The topological polar surface area (TPSA) is 88.5 Å². The molecule has 0 spiro atoms. The molecule has 160 valence electrons. The maximum atomic E-state index is 12.6. The Balaban J connectivity index is 1.88. The van der Waals surface area contributed by atoms with Gasteiger partial charge >= 0.3 is 4.87 Å². The van der Waals surface area contributed by atoms with Crippen LogP contribution >= 0.6 is 46.1 Å². The number of carbonyl (C=O) groups excluding carboxylic acids is 1. The summed E-state index contributed by atoms with van der Waals surface area (Å²) in [5.74, 6) is -0.593. The molecule has 0 saturated carbocycles. The summed E-state index contributed by atoms with van der Waals surface area (Å²) in [6.45, 7) is 1.89. The number of fused-ring (bicyclic) bond motifs is 1. The number of aromatic nitrogens is 1. The van der Waals surface area contributed by atoms with E-state index < -0.39 is 22.5 Å². The lowest BCUT2D eigenvalue weighted by atomic mass is 10.3. The molecular weight excluding hydrogens is 493 g/mol. The average Bonchev–Trinajstić information content (AvgIpc) is 2.96. The molecule has 0 fully saturated rings. The molecule has 1 N–H and O–H groups in total. The first-order chi connectivity index (χ1) is 14.0. The van der Waals surface area contributed by atoms with Gasteiger partial charge in [0.2, 0.25) is 15.9 Å². The fraction of sp³-hybridized carbons (Fsp3) is 0.222. The summed E-state index contributed by atoms with van der Waals surface area (Å²) < 4.78 is 27.8. The Bertz CT molecular complexity index is 1300. The fourth-order valence-corrected chi connectivity index (χ4v) is 5.41. The molecule has 3 rings (SSSR count). The number of anilines is 2. The van der Waals surface area contributed by atoms with E-state index in [0.29, 0.717) is 16.9 Å². The van der Waals surface area contributed by atoms with Crippen LogP contribution in [0.4, 0.5) is 11.4 Å². The molecule has 0 aliphatic carbocycles. The Kier molecular flexibility index (Phi) is 6.69. The van der Waals surface area contributed by atoms with Gasteiger partial charge in [-0.2, -0.15) is 0 Å². The number of halogens is 3. The van der Waals surface area contributed by atoms with Crippen LogP contribution in [0.3, 0.4) is 0 Å². The van der Waals surface area contributed by atoms with Gasteiger partial charge in [-0.15, -0.1) is 0 Å². The molecule has 0 bridgehead atoms. The summed E-state index contributed by atoms with van der Waals surface area (Å²) in [6, 6.07) is 7.65. The number of thiazole rings is 1. The first kappa shape index (κ1) is 22.9. The lowest BCUT2D eigenvalue weighted by Crippen LogP contribution is -2.37. The summed E-state index contributed by atoms with van der Waals surface area (Å²) in [4.78, 5) is 24.5. The lowest BCUT2D eigenvalue weighted by Gasteiger charge is -2.23. The van der Waals surface area contributed by atoms with Crippen LogP contribution in [0, 0.1) is 0 Å². The van der Waals surface area contributed by atoms with Crippen molar-refractivity contribution in [3.05, 3.63) is 55.1 Å². The minimum Gasteiger partial charge on any atom is -0.324 e. The molecule has 0 aliphatic heterocycles. The van der Waals surface area contributed by atoms with Crippen molar-refractivity contribution in [2.24, 2.45) is 0 Å². The molecule has 30 heavy (non-hydrogen) atoms. The molecule has 0 atom stereocenters. The molecule has 12 heteroatoms. The zero-order valence-corrected chi connectivity index (χ0v) is 19.7. The molecule has 0 unspecified atom stereocenters. The third-order valence-corrected chi connectivity index (χ3v) is 7.31. The van der Waals surface area contributed by atoms with Crippen LogP contribution < -0.4 is 14.5 Å². The van der Waals surface area contributed by atoms with Gasteiger partial charge in [0.05, 0.1) is 37.2 Å². The van der Waals surface area contributed by atoms with Crippen molar-refractivity contribution >= 4 is 83.7 Å². The molecule has 1 heterocycles. The molecule has 2 aromatic carbocycles. The van der Waals surface area contributed by atoms with Crippen LogP contribution in [-0.2, 0) is 21.4 Å². The molecule has 0 saturated heterocycles. The zero-order valence-electron chi connectivity index (χ0n) is 15.8. The number of nitrogens with one attached hydrogen (secondary N) is 1. The van der Waals surface area contributed by atoms with Gasteiger partial charge in [-0.25, -0.2) is 8.42 Å². The predicted molar refractivity (Wildman–Crippen MR) is 124 cm³/mol. The minimum absolute atomic E-state index is 0.0368. The number of amides is 1. The van der Waals surface area contributed by atoms with Crippen molar-refractivity contribution in [2.45, 2.75) is 13.5 Å². The van der Waals surface area contributed by atoms with Gasteiger partial charge in [-0.3, -0.25) is 18.5 Å². The quantitative estimate of drug-likeness (QED) is 0.498. The highest BCUT2D eigenvalue weighted by atomic mass is 35.5. The van der Waals surface area contributed by atoms with Gasteiger partial charge in [-0.05, 0) is 37.3 Å². The molecular formula is C18H16Cl3N3O4S2. The van der Waals surface area contributed by atoms with E-state index >= 15 is 0 Å². The van der Waals surface area contributed by atoms with Gasteiger partial charge in [0.15, 0.2) is 0 Å². The van der Waals surface area contributed by atoms with E-state index in [4.69, 9.17) is 34.8 Å². The summed E-state index contributed by atoms with van der Waals surface area (Å²) in [5, 5.41) is 2.95. The molecule has 0 aliphatic rings. The maximum absolute atomic E-state index is 12.6. The SMILES string of the molecule is CCn1c(=O)sc2cc(NC(=O)CN(c3cc(Cl)c(Cl)cc3Cl)S(C)(=O)=O)ccc21. The highest BCUT2D eigenvalue weighted by molar-refractivity contribution is 7.92. The zero-order chi connectivity index (χ0) is 22.2. The largest absolute Gasteiger partial charge is 0.324 e. The fourth-order valence-electron chi connectivity index (χ4n) is 2.86. The maximum Gasteiger partial charge on any atom is 0.308 e. The third-order valence-electron chi connectivity index (χ3n) is 4.21. The van der Waals surface area contributed by atoms with Crippen molar-refractivity contribution in [1.29, 1.82) is 0 Å². The Morgan fingerprint density at radius 2 is 1.80 bits per heavy atom. The summed E-state index contributed by atoms with van der Waals surface area (Å²) >= 11 is 19.1. The van der Waals surface area contributed by atoms with Crippen molar-refractivity contribution in [3.8, 4) is 0 Å². The summed E-state index contributed by atoms with van der Waals surface area (Å²) in [6.07, 6.45) is 0.954. The van der Waals surface area contributed by atoms with E-state index in [2.05, 4.69) is 5.32 Å². The minimum atomic E-state index is -3.85. The van der Waals surface area contributed by atoms with E-state index in [1.165, 1.54) is 12.1 Å². The van der Waals surface area contributed by atoms with Gasteiger partial charge in [0.1, 0.15) is 6.54 Å². The number of sulfonamides is 1. The summed E-state index contributed by atoms with van der Waals surface area (Å²) in [5.41, 5.74) is 1.24. The van der Waals surface area contributed by atoms with Crippen molar-refractivity contribution in [3.63, 3.8) is 0 Å². The second kappa shape index (κ2) is 8.76. The van der Waals surface area contributed by atoms with Crippen molar-refractivity contribution in [1.82, 2.24) is 4.57 Å². The highest BCUT2D eigenvalue weighted by Gasteiger charge is 2.24. The van der Waals surface area contributed by atoms with Crippen LogP contribution in [0.5, 0.6) is 0 Å². The normalized spacial score (nSPS) is 11.6. The Hall–Kier alpha value is -1.78. The summed E-state index contributed by atoms with van der Waals surface area (Å²) in [7, 11) is -3.85. The second-order valence-corrected chi connectivity index (χ2v) is 10.5. The Morgan fingerprint density at radius 1 is 1.13 bits per heavy atom. The highest BCUT2D eigenvalue weighted by Crippen LogP contribution is 2.35. The third kappa shape index (κ3) is 4.76. The van der Waals surface area contributed by atoms with Crippen LogP contribution in [0.2, 0.25) is 15.1 Å². The average molecular weight is 509 g/mol. The number of benzene rings is 2. The van der Waals surface area contributed by atoms with Crippen molar-refractivity contribution in [2.75, 3.05) is 22.4 Å². The number of aryl methyl sites for hydroxylation is 1. The Labute approximate surface area is 191 Å². The van der Waals surface area contributed by atoms with Crippen molar-refractivity contribution < 1.29 is 13.2 Å². The second-order valence-electron chi connectivity index (χ2n) is 6.33. The predicted octanol–water partition coefficient (Wildman–Crippen LogP) is 4.45. The first-order valence-electron chi connectivity index (χ1n) is 8.56. The number of hydrogen-bond donors (Lipinski definition) is 1. The van der Waals surface area contributed by atoms with Gasteiger partial charge in [0.25, 0.3) is 0 Å². The molecule has 0 radical (unpaired) electrons. The number of carbonyl (C=O) groups is 1. The standard InChI is InChI=1S/C18H16Cl3N3O4S2/c1-3-23-14-5-4-10(6-16(14)29-18(23)26)22-17(25)9-24(30(2,27)28)15-8-12(20)11(19)7-13(15)21/h4-8H,3,9H2,1-2H3,(H,22,25). The number of nitrogens with zero attached hydrogens (tertiary/aromatic N) is 2. The number of rotatable bonds is 6. The lowest BCUT2D eigenvalue weighted by molar-refractivity contribution is -0.114. The van der Waals surface area contributed by atoms with E-state index in [0.717, 1.165) is 27.4 Å². The van der Waals surface area contributed by atoms with E-state index in [9.17, 15) is 18.0 Å². The molecule has 1 amide bonds. The smallest absolute Gasteiger partial charge is 0.308 e. The molecule has 7 nitrogen and oxygen atoms in total. The van der Waals surface area contributed by atoms with Gasteiger partial charge in [0, 0.05) is 12.2 Å². The van der Waals surface area contributed by atoms with Crippen LogP contribution in [0.15, 0.2) is 35.1 Å². The van der Waals surface area contributed by atoms with Gasteiger partial charge in [-0.1, -0.05) is 46.1 Å². The van der Waals surface area contributed by atoms with Crippen LogP contribution in [0.1, 0.15) is 6.92 Å². The Morgan fingerprint density at radius 3 is 2.43 bits per heavy atom.